The molecule has 0 saturated carbocycles. The van der Waals surface area contributed by atoms with Crippen LogP contribution in [0.15, 0.2) is 66.7 Å². The maximum atomic E-state index is 13.6. The van der Waals surface area contributed by atoms with Crippen molar-refractivity contribution in [2.45, 2.75) is 44.7 Å². The molecule has 0 spiro atoms. The van der Waals surface area contributed by atoms with Crippen LogP contribution in [-0.4, -0.2) is 55.7 Å². The molecule has 1 unspecified atom stereocenters. The van der Waals surface area contributed by atoms with Crippen LogP contribution in [0.4, 0.5) is 4.79 Å². The quantitative estimate of drug-likeness (QED) is 0.474. The standard InChI is InChI=1S/C29H37N3O2/c1-4-32(24-17-19-31(2)20-18-24)29(33)30-28(16-15-22-9-7-12-25(21-22)34-3)27-14-8-11-23-10-5-6-13-26(23)27/h5-14,21,24,28H,4,15-20H2,1-3H3,(H,30,33). The van der Waals surface area contributed by atoms with Crippen LogP contribution in [0.2, 0.25) is 0 Å². The highest BCUT2D eigenvalue weighted by Crippen LogP contribution is 2.29. The monoisotopic (exact) mass is 459 g/mol. The van der Waals surface area contributed by atoms with E-state index >= 15 is 0 Å². The molecule has 1 heterocycles. The molecule has 1 aliphatic rings. The molecule has 5 heteroatoms. The van der Waals surface area contributed by atoms with Crippen molar-refractivity contribution in [3.8, 4) is 5.75 Å². The Morgan fingerprint density at radius 2 is 1.82 bits per heavy atom. The Morgan fingerprint density at radius 1 is 1.09 bits per heavy atom. The number of carbonyl (C=O) groups is 1. The summed E-state index contributed by atoms with van der Waals surface area (Å²) in [6.07, 6.45) is 3.73. The van der Waals surface area contributed by atoms with Crippen LogP contribution >= 0.6 is 0 Å². The highest BCUT2D eigenvalue weighted by atomic mass is 16.5. The maximum absolute atomic E-state index is 13.6. The Labute approximate surface area is 203 Å². The van der Waals surface area contributed by atoms with Gasteiger partial charge in [0.2, 0.25) is 0 Å². The third-order valence-corrected chi connectivity index (χ3v) is 7.08. The minimum Gasteiger partial charge on any atom is -0.497 e. The second-order valence-corrected chi connectivity index (χ2v) is 9.28. The van der Waals surface area contributed by atoms with Crippen molar-refractivity contribution in [3.05, 3.63) is 77.9 Å². The Balaban J connectivity index is 1.58. The molecule has 1 fully saturated rings. The highest BCUT2D eigenvalue weighted by molar-refractivity contribution is 5.86. The fourth-order valence-electron chi connectivity index (χ4n) is 5.10. The lowest BCUT2D eigenvalue weighted by Gasteiger charge is -2.37. The van der Waals surface area contributed by atoms with Gasteiger partial charge in [-0.1, -0.05) is 54.6 Å². The maximum Gasteiger partial charge on any atom is 0.318 e. The largest absolute Gasteiger partial charge is 0.497 e. The number of hydrogen-bond donors (Lipinski definition) is 1. The summed E-state index contributed by atoms with van der Waals surface area (Å²) in [5, 5.41) is 5.82. The van der Waals surface area contributed by atoms with Gasteiger partial charge < -0.3 is 19.9 Å². The summed E-state index contributed by atoms with van der Waals surface area (Å²) in [4.78, 5) is 17.9. The molecule has 4 rings (SSSR count). The molecule has 5 nitrogen and oxygen atoms in total. The number of hydrogen-bond acceptors (Lipinski definition) is 3. The lowest BCUT2D eigenvalue weighted by atomic mass is 9.94. The Kier molecular flexibility index (Phi) is 8.07. The first kappa shape index (κ1) is 24.1. The SMILES string of the molecule is CCN(C(=O)NC(CCc1cccc(OC)c1)c1cccc2ccccc12)C1CCN(C)CC1. The molecule has 2 amide bonds. The average molecular weight is 460 g/mol. The number of rotatable bonds is 8. The Morgan fingerprint density at radius 3 is 2.59 bits per heavy atom. The fraction of sp³-hybridized carbons (Fsp3) is 0.414. The lowest BCUT2D eigenvalue weighted by Crippen LogP contribution is -2.50. The minimum atomic E-state index is -0.0786. The van der Waals surface area contributed by atoms with Crippen LogP contribution in [0.25, 0.3) is 10.8 Å². The number of nitrogens with one attached hydrogen (secondary N) is 1. The third-order valence-electron chi connectivity index (χ3n) is 7.08. The molecule has 0 aliphatic carbocycles. The van der Waals surface area contributed by atoms with Gasteiger partial charge in [-0.3, -0.25) is 0 Å². The van der Waals surface area contributed by atoms with Crippen LogP contribution in [0.1, 0.15) is 43.4 Å². The molecule has 0 aromatic heterocycles. The van der Waals surface area contributed by atoms with E-state index in [1.807, 2.05) is 17.0 Å². The smallest absolute Gasteiger partial charge is 0.318 e. The van der Waals surface area contributed by atoms with E-state index in [0.29, 0.717) is 6.04 Å². The van der Waals surface area contributed by atoms with Gasteiger partial charge in [0.05, 0.1) is 13.2 Å². The molecule has 3 aromatic rings. The van der Waals surface area contributed by atoms with Crippen molar-refractivity contribution in [1.29, 1.82) is 0 Å². The van der Waals surface area contributed by atoms with E-state index in [-0.39, 0.29) is 12.1 Å². The molecule has 0 bridgehead atoms. The number of aryl methyl sites for hydroxylation is 1. The van der Waals surface area contributed by atoms with Gasteiger partial charge in [-0.15, -0.1) is 0 Å². The van der Waals surface area contributed by atoms with Crippen LogP contribution in [0.3, 0.4) is 0 Å². The number of methoxy groups -OCH3 is 1. The zero-order chi connectivity index (χ0) is 23.9. The molecule has 1 aliphatic heterocycles. The number of amides is 2. The molecular formula is C29H37N3O2. The number of ether oxygens (including phenoxy) is 1. The first-order valence-corrected chi connectivity index (χ1v) is 12.4. The van der Waals surface area contributed by atoms with Crippen molar-refractivity contribution >= 4 is 16.8 Å². The molecule has 1 saturated heterocycles. The number of urea groups is 1. The number of fused-ring (bicyclic) bond motifs is 1. The van der Waals surface area contributed by atoms with E-state index < -0.39 is 0 Å². The van der Waals surface area contributed by atoms with E-state index in [9.17, 15) is 4.79 Å². The van der Waals surface area contributed by atoms with Crippen molar-refractivity contribution in [2.24, 2.45) is 0 Å². The van der Waals surface area contributed by atoms with Gasteiger partial charge >= 0.3 is 6.03 Å². The number of piperidine rings is 1. The number of nitrogens with zero attached hydrogens (tertiary/aromatic N) is 2. The topological polar surface area (TPSA) is 44.8 Å². The second-order valence-electron chi connectivity index (χ2n) is 9.28. The van der Waals surface area contributed by atoms with E-state index in [2.05, 4.69) is 78.8 Å². The van der Waals surface area contributed by atoms with Crippen LogP contribution in [0, 0.1) is 0 Å². The fourth-order valence-corrected chi connectivity index (χ4v) is 5.10. The van der Waals surface area contributed by atoms with Crippen LogP contribution in [-0.2, 0) is 6.42 Å². The van der Waals surface area contributed by atoms with E-state index in [0.717, 1.165) is 51.1 Å². The van der Waals surface area contributed by atoms with Gasteiger partial charge in [0.25, 0.3) is 0 Å². The van der Waals surface area contributed by atoms with Gasteiger partial charge in [0.15, 0.2) is 0 Å². The van der Waals surface area contributed by atoms with Gasteiger partial charge in [0, 0.05) is 12.6 Å². The van der Waals surface area contributed by atoms with Crippen molar-refractivity contribution in [1.82, 2.24) is 15.1 Å². The summed E-state index contributed by atoms with van der Waals surface area (Å²) >= 11 is 0. The van der Waals surface area contributed by atoms with Crippen LogP contribution < -0.4 is 10.1 Å². The lowest BCUT2D eigenvalue weighted by molar-refractivity contribution is 0.132. The molecule has 0 radical (unpaired) electrons. The molecule has 34 heavy (non-hydrogen) atoms. The zero-order valence-corrected chi connectivity index (χ0v) is 20.7. The van der Waals surface area contributed by atoms with Crippen molar-refractivity contribution in [3.63, 3.8) is 0 Å². The number of carbonyl (C=O) groups excluding carboxylic acids is 1. The number of likely N-dealkylation sites (tertiary alicyclic amines) is 1. The highest BCUT2D eigenvalue weighted by Gasteiger charge is 2.27. The summed E-state index contributed by atoms with van der Waals surface area (Å²) in [5.41, 5.74) is 2.38. The average Bonchev–Trinajstić information content (AvgIpc) is 2.88. The minimum absolute atomic E-state index is 0.0422. The van der Waals surface area contributed by atoms with E-state index in [1.165, 1.54) is 21.9 Å². The van der Waals surface area contributed by atoms with E-state index in [1.54, 1.807) is 7.11 Å². The molecular weight excluding hydrogens is 422 g/mol. The van der Waals surface area contributed by atoms with Gasteiger partial charge in [-0.2, -0.15) is 0 Å². The third kappa shape index (κ3) is 5.71. The first-order valence-electron chi connectivity index (χ1n) is 12.4. The first-order chi connectivity index (χ1) is 16.6. The summed E-state index contributed by atoms with van der Waals surface area (Å²) in [6.45, 7) is 4.88. The Bertz CT molecular complexity index is 1090. The molecule has 1 atom stereocenters. The summed E-state index contributed by atoms with van der Waals surface area (Å²) in [7, 11) is 3.85. The normalized spacial score (nSPS) is 15.7. The van der Waals surface area contributed by atoms with Gasteiger partial charge in [0.1, 0.15) is 5.75 Å². The predicted octanol–water partition coefficient (Wildman–Crippen LogP) is 5.65. The summed E-state index contributed by atoms with van der Waals surface area (Å²) < 4.78 is 5.41. The molecule has 1 N–H and O–H groups in total. The second kappa shape index (κ2) is 11.4. The zero-order valence-electron chi connectivity index (χ0n) is 20.7. The predicted molar refractivity (Wildman–Crippen MR) is 139 cm³/mol. The van der Waals surface area contributed by atoms with Crippen LogP contribution in [0.5, 0.6) is 5.75 Å². The number of benzene rings is 3. The van der Waals surface area contributed by atoms with Gasteiger partial charge in [-0.25, -0.2) is 4.79 Å². The molecule has 3 aromatic carbocycles. The summed E-state index contributed by atoms with van der Waals surface area (Å²) in [5.74, 6) is 0.864. The van der Waals surface area contributed by atoms with Crippen molar-refractivity contribution in [2.75, 3.05) is 33.8 Å². The van der Waals surface area contributed by atoms with Crippen molar-refractivity contribution < 1.29 is 9.53 Å². The van der Waals surface area contributed by atoms with E-state index in [4.69, 9.17) is 4.74 Å². The molecule has 180 valence electrons. The van der Waals surface area contributed by atoms with Gasteiger partial charge in [-0.05, 0) is 86.8 Å². The Hall–Kier alpha value is -3.05. The summed E-state index contributed by atoms with van der Waals surface area (Å²) in [6, 6.07) is 23.3.